The molecule has 0 saturated heterocycles. The van der Waals surface area contributed by atoms with Crippen LogP contribution in [0.4, 0.5) is 5.69 Å². The Labute approximate surface area is 151 Å². The van der Waals surface area contributed by atoms with Crippen molar-refractivity contribution in [3.8, 4) is 10.4 Å². The van der Waals surface area contributed by atoms with Crippen molar-refractivity contribution in [1.82, 2.24) is 10.3 Å². The molecule has 2 aromatic heterocycles. The van der Waals surface area contributed by atoms with Crippen molar-refractivity contribution < 1.29 is 9.72 Å². The fourth-order valence-corrected chi connectivity index (χ4v) is 3.89. The number of para-hydroxylation sites is 1. The summed E-state index contributed by atoms with van der Waals surface area (Å²) in [6.07, 6.45) is 5.25. The number of hydrogen-bond donors (Lipinski definition) is 1. The van der Waals surface area contributed by atoms with Crippen LogP contribution >= 0.6 is 22.7 Å². The Morgan fingerprint density at radius 1 is 1.20 bits per heavy atom. The van der Waals surface area contributed by atoms with Crippen molar-refractivity contribution in [1.29, 1.82) is 0 Å². The summed E-state index contributed by atoms with van der Waals surface area (Å²) in [6, 6.07) is 10.5. The number of nitro benzene ring substituents is 1. The molecule has 0 fully saturated rings. The first-order valence-electron chi connectivity index (χ1n) is 7.28. The van der Waals surface area contributed by atoms with E-state index in [9.17, 15) is 14.9 Å². The van der Waals surface area contributed by atoms with Gasteiger partial charge in [-0.05, 0) is 30.4 Å². The third kappa shape index (κ3) is 3.81. The van der Waals surface area contributed by atoms with Gasteiger partial charge in [-0.25, -0.2) is 4.98 Å². The van der Waals surface area contributed by atoms with Gasteiger partial charge in [0.2, 0.25) is 0 Å². The summed E-state index contributed by atoms with van der Waals surface area (Å²) in [5, 5.41) is 14.4. The second kappa shape index (κ2) is 7.37. The molecule has 1 amide bonds. The number of hydrogen-bond acceptors (Lipinski definition) is 6. The third-order valence-electron chi connectivity index (χ3n) is 3.36. The maximum absolute atomic E-state index is 11.5. The topological polar surface area (TPSA) is 85.1 Å². The number of nitrogens with one attached hydrogen (secondary N) is 1. The smallest absolute Gasteiger partial charge is 0.278 e. The van der Waals surface area contributed by atoms with E-state index in [-0.39, 0.29) is 16.5 Å². The molecule has 0 aliphatic carbocycles. The minimum atomic E-state index is -0.375. The second-order valence-electron chi connectivity index (χ2n) is 4.95. The molecule has 3 aromatic rings. The number of nitro groups is 1. The van der Waals surface area contributed by atoms with E-state index in [2.05, 4.69) is 10.3 Å². The highest BCUT2D eigenvalue weighted by Gasteiger charge is 2.15. The Morgan fingerprint density at radius 2 is 2.00 bits per heavy atom. The molecule has 1 aromatic carbocycles. The molecule has 0 aliphatic rings. The minimum absolute atomic E-state index is 0.0926. The van der Waals surface area contributed by atoms with Gasteiger partial charge in [-0.3, -0.25) is 14.9 Å². The van der Waals surface area contributed by atoms with E-state index in [1.54, 1.807) is 25.2 Å². The SMILES string of the molecule is CNC(=O)c1cnc(C=Cc2ccc(-c3ccccc3[N+](=O)[O-])s2)s1. The van der Waals surface area contributed by atoms with E-state index in [1.807, 2.05) is 24.3 Å². The van der Waals surface area contributed by atoms with Crippen LogP contribution in [0.15, 0.2) is 42.6 Å². The average molecular weight is 371 g/mol. The van der Waals surface area contributed by atoms with Gasteiger partial charge in [0.25, 0.3) is 11.6 Å². The number of thiazole rings is 1. The minimum Gasteiger partial charge on any atom is -0.354 e. The van der Waals surface area contributed by atoms with Crippen LogP contribution < -0.4 is 5.32 Å². The summed E-state index contributed by atoms with van der Waals surface area (Å²) in [5.74, 6) is -0.160. The first kappa shape index (κ1) is 17.0. The van der Waals surface area contributed by atoms with Crippen LogP contribution in [-0.4, -0.2) is 22.9 Å². The molecule has 2 heterocycles. The lowest BCUT2D eigenvalue weighted by molar-refractivity contribution is -0.384. The van der Waals surface area contributed by atoms with Crippen LogP contribution in [0.5, 0.6) is 0 Å². The molecule has 25 heavy (non-hydrogen) atoms. The fourth-order valence-electron chi connectivity index (χ4n) is 2.17. The summed E-state index contributed by atoms with van der Waals surface area (Å²) in [4.78, 5) is 28.8. The van der Waals surface area contributed by atoms with Gasteiger partial charge in [-0.2, -0.15) is 0 Å². The highest BCUT2D eigenvalue weighted by atomic mass is 32.1. The van der Waals surface area contributed by atoms with E-state index >= 15 is 0 Å². The van der Waals surface area contributed by atoms with Crippen molar-refractivity contribution in [3.05, 3.63) is 67.5 Å². The van der Waals surface area contributed by atoms with Crippen molar-refractivity contribution >= 4 is 46.4 Å². The zero-order chi connectivity index (χ0) is 17.8. The lowest BCUT2D eigenvalue weighted by atomic mass is 10.1. The standard InChI is InChI=1S/C17H13N3O3S2/c1-18-17(21)15-10-19-16(25-15)9-7-11-6-8-14(24-11)12-4-2-3-5-13(12)20(22)23/h2-10H,1H3,(H,18,21). The van der Waals surface area contributed by atoms with Crippen LogP contribution in [0.2, 0.25) is 0 Å². The van der Waals surface area contributed by atoms with E-state index in [0.717, 1.165) is 14.8 Å². The molecule has 0 aliphatic heterocycles. The molecule has 3 rings (SSSR count). The molecule has 0 saturated carbocycles. The molecule has 126 valence electrons. The van der Waals surface area contributed by atoms with Gasteiger partial charge >= 0.3 is 0 Å². The number of benzene rings is 1. The van der Waals surface area contributed by atoms with Gasteiger partial charge in [-0.15, -0.1) is 22.7 Å². The van der Waals surface area contributed by atoms with Gasteiger partial charge in [0.1, 0.15) is 9.88 Å². The zero-order valence-corrected chi connectivity index (χ0v) is 14.8. The van der Waals surface area contributed by atoms with E-state index < -0.39 is 0 Å². The first-order chi connectivity index (χ1) is 12.1. The van der Waals surface area contributed by atoms with Crippen molar-refractivity contribution in [2.75, 3.05) is 7.05 Å². The molecule has 8 heteroatoms. The Balaban J connectivity index is 1.82. The molecule has 6 nitrogen and oxygen atoms in total. The Kier molecular flexibility index (Phi) is 5.01. The van der Waals surface area contributed by atoms with Crippen LogP contribution in [0.25, 0.3) is 22.6 Å². The number of amides is 1. The molecule has 0 spiro atoms. The fraction of sp³-hybridized carbons (Fsp3) is 0.0588. The average Bonchev–Trinajstić information content (AvgIpc) is 3.28. The maximum atomic E-state index is 11.5. The normalized spacial score (nSPS) is 10.9. The van der Waals surface area contributed by atoms with Gasteiger partial charge in [0, 0.05) is 22.9 Å². The summed E-state index contributed by atoms with van der Waals surface area (Å²) in [7, 11) is 1.58. The summed E-state index contributed by atoms with van der Waals surface area (Å²) in [5.41, 5.74) is 0.698. The van der Waals surface area contributed by atoms with Crippen molar-refractivity contribution in [3.63, 3.8) is 0 Å². The third-order valence-corrected chi connectivity index (χ3v) is 5.40. The summed E-state index contributed by atoms with van der Waals surface area (Å²) in [6.45, 7) is 0. The molecule has 0 radical (unpaired) electrons. The Morgan fingerprint density at radius 3 is 2.76 bits per heavy atom. The van der Waals surface area contributed by atoms with Crippen LogP contribution in [0.3, 0.4) is 0 Å². The Hall–Kier alpha value is -2.84. The molecule has 1 N–H and O–H groups in total. The van der Waals surface area contributed by atoms with E-state index in [0.29, 0.717) is 10.4 Å². The molecule has 0 atom stereocenters. The van der Waals surface area contributed by atoms with Gasteiger partial charge in [0.15, 0.2) is 0 Å². The number of carbonyl (C=O) groups excluding carboxylic acids is 1. The monoisotopic (exact) mass is 371 g/mol. The highest BCUT2D eigenvalue weighted by Crippen LogP contribution is 2.35. The second-order valence-corrected chi connectivity index (χ2v) is 7.13. The number of aromatic nitrogens is 1. The maximum Gasteiger partial charge on any atom is 0.278 e. The quantitative estimate of drug-likeness (QED) is 0.535. The largest absolute Gasteiger partial charge is 0.354 e. The Bertz CT molecular complexity index is 959. The molecule has 0 bridgehead atoms. The first-order valence-corrected chi connectivity index (χ1v) is 8.91. The lowest BCUT2D eigenvalue weighted by Gasteiger charge is -1.98. The van der Waals surface area contributed by atoms with Crippen molar-refractivity contribution in [2.24, 2.45) is 0 Å². The van der Waals surface area contributed by atoms with Gasteiger partial charge in [0.05, 0.1) is 16.7 Å². The molecular weight excluding hydrogens is 358 g/mol. The van der Waals surface area contributed by atoms with E-state index in [4.69, 9.17) is 0 Å². The van der Waals surface area contributed by atoms with E-state index in [1.165, 1.54) is 34.9 Å². The number of rotatable bonds is 5. The summed E-state index contributed by atoms with van der Waals surface area (Å²) < 4.78 is 0. The lowest BCUT2D eigenvalue weighted by Crippen LogP contribution is -2.16. The van der Waals surface area contributed by atoms with Crippen LogP contribution in [0.1, 0.15) is 19.6 Å². The van der Waals surface area contributed by atoms with Gasteiger partial charge in [-0.1, -0.05) is 12.1 Å². The number of thiophene rings is 1. The number of nitrogens with zero attached hydrogens (tertiary/aromatic N) is 2. The highest BCUT2D eigenvalue weighted by molar-refractivity contribution is 7.16. The van der Waals surface area contributed by atoms with Gasteiger partial charge < -0.3 is 5.32 Å². The predicted molar refractivity (Wildman–Crippen MR) is 101 cm³/mol. The molecular formula is C17H13N3O3S2. The summed E-state index contributed by atoms with van der Waals surface area (Å²) >= 11 is 2.76. The number of carbonyl (C=O) groups is 1. The van der Waals surface area contributed by atoms with Crippen LogP contribution in [0, 0.1) is 10.1 Å². The predicted octanol–water partition coefficient (Wildman–Crippen LogP) is 4.31. The molecule has 0 unspecified atom stereocenters. The van der Waals surface area contributed by atoms with Crippen molar-refractivity contribution in [2.45, 2.75) is 0 Å². The van der Waals surface area contributed by atoms with Crippen LogP contribution in [-0.2, 0) is 0 Å². The zero-order valence-electron chi connectivity index (χ0n) is 13.1.